The van der Waals surface area contributed by atoms with Gasteiger partial charge < -0.3 is 20.3 Å². The van der Waals surface area contributed by atoms with Gasteiger partial charge in [-0.05, 0) is 31.6 Å². The molecule has 0 aliphatic rings. The minimum Gasteiger partial charge on any atom is -0.444 e. The molecule has 11 heteroatoms. The van der Waals surface area contributed by atoms with Crippen molar-refractivity contribution in [1.29, 1.82) is 0 Å². The highest BCUT2D eigenvalue weighted by Gasteiger charge is 2.27. The molecule has 3 amide bonds. The molecule has 0 spiro atoms. The van der Waals surface area contributed by atoms with Crippen LogP contribution >= 0.6 is 22.7 Å². The lowest BCUT2D eigenvalue weighted by Gasteiger charge is -2.26. The summed E-state index contributed by atoms with van der Waals surface area (Å²) in [5.74, 6) is 0.456. The molecule has 2 N–H and O–H groups in total. The predicted molar refractivity (Wildman–Crippen MR) is 148 cm³/mol. The smallest absolute Gasteiger partial charge is 0.407 e. The summed E-state index contributed by atoms with van der Waals surface area (Å²) in [4.78, 5) is 48.9. The van der Waals surface area contributed by atoms with Crippen molar-refractivity contribution in [3.63, 3.8) is 0 Å². The van der Waals surface area contributed by atoms with E-state index in [1.807, 2.05) is 33.1 Å². The first-order chi connectivity index (χ1) is 17.5. The molecule has 0 aliphatic heterocycles. The summed E-state index contributed by atoms with van der Waals surface area (Å²) in [5.41, 5.74) is 2.54. The second-order valence-electron chi connectivity index (χ2n) is 10.3. The monoisotopic (exact) mass is 551 g/mol. The first-order valence-corrected chi connectivity index (χ1v) is 14.5. The van der Waals surface area contributed by atoms with Gasteiger partial charge in [-0.1, -0.05) is 34.6 Å². The number of amides is 3. The normalized spacial score (nSPS) is 13.8. The van der Waals surface area contributed by atoms with Gasteiger partial charge in [0.1, 0.15) is 6.61 Å². The molecule has 0 aromatic carbocycles. The van der Waals surface area contributed by atoms with Crippen molar-refractivity contribution in [1.82, 2.24) is 25.5 Å². The fraction of sp³-hybridized carbons (Fsp3) is 0.654. The summed E-state index contributed by atoms with van der Waals surface area (Å²) >= 11 is 3.03. The number of nitrogens with zero attached hydrogens (tertiary/aromatic N) is 3. The Morgan fingerprint density at radius 1 is 1.05 bits per heavy atom. The van der Waals surface area contributed by atoms with Crippen LogP contribution in [-0.2, 0) is 22.7 Å². The van der Waals surface area contributed by atoms with E-state index in [1.165, 1.54) is 11.3 Å². The van der Waals surface area contributed by atoms with Gasteiger partial charge in [0.2, 0.25) is 0 Å². The largest absolute Gasteiger partial charge is 0.444 e. The third-order valence-corrected chi connectivity index (χ3v) is 7.88. The number of rotatable bonds is 14. The van der Waals surface area contributed by atoms with Gasteiger partial charge in [-0.25, -0.2) is 14.6 Å². The number of aromatic nitrogens is 2. The van der Waals surface area contributed by atoms with E-state index in [2.05, 4.69) is 34.4 Å². The molecule has 0 fully saturated rings. The van der Waals surface area contributed by atoms with Crippen LogP contribution in [0.15, 0.2) is 17.1 Å². The molecule has 0 radical (unpaired) electrons. The van der Waals surface area contributed by atoms with Crippen molar-refractivity contribution in [3.05, 3.63) is 32.7 Å². The lowest BCUT2D eigenvalue weighted by atomic mass is 9.90. The van der Waals surface area contributed by atoms with E-state index in [-0.39, 0.29) is 36.3 Å². The van der Waals surface area contributed by atoms with Crippen molar-refractivity contribution in [2.24, 2.45) is 11.8 Å². The zero-order valence-electron chi connectivity index (χ0n) is 22.9. The van der Waals surface area contributed by atoms with Gasteiger partial charge in [-0.15, -0.1) is 22.7 Å². The number of hydrogen-bond acceptors (Lipinski definition) is 8. The van der Waals surface area contributed by atoms with Crippen LogP contribution in [-0.4, -0.2) is 51.9 Å². The Bertz CT molecular complexity index is 993. The summed E-state index contributed by atoms with van der Waals surface area (Å²) in [6.45, 7) is 12.6. The van der Waals surface area contributed by atoms with Crippen LogP contribution in [0.25, 0.3) is 0 Å². The van der Waals surface area contributed by atoms with Gasteiger partial charge in [0.15, 0.2) is 5.78 Å². The summed E-state index contributed by atoms with van der Waals surface area (Å²) in [6.07, 6.45) is 3.06. The Labute approximate surface area is 228 Å². The number of nitrogens with one attached hydrogen (secondary N) is 2. The van der Waals surface area contributed by atoms with Gasteiger partial charge in [-0.2, -0.15) is 0 Å². The summed E-state index contributed by atoms with van der Waals surface area (Å²) in [5, 5.41) is 8.77. The number of hydrogen-bond donors (Lipinski definition) is 2. The van der Waals surface area contributed by atoms with E-state index < -0.39 is 12.1 Å². The van der Waals surface area contributed by atoms with Crippen LogP contribution in [0.4, 0.5) is 9.59 Å². The number of ketones is 1. The molecule has 2 aromatic rings. The maximum absolute atomic E-state index is 13.1. The average Bonchev–Trinajstić information content (AvgIpc) is 3.51. The zero-order valence-corrected chi connectivity index (χ0v) is 24.6. The quantitative estimate of drug-likeness (QED) is 0.317. The number of alkyl carbamates (subject to hydrolysis) is 1. The van der Waals surface area contributed by atoms with Gasteiger partial charge >= 0.3 is 12.1 Å². The van der Waals surface area contributed by atoms with Crippen LogP contribution in [0.1, 0.15) is 82.3 Å². The van der Waals surface area contributed by atoms with Crippen molar-refractivity contribution in [2.75, 3.05) is 7.05 Å². The van der Waals surface area contributed by atoms with Gasteiger partial charge in [0.25, 0.3) is 0 Å². The minimum absolute atomic E-state index is 0.0181. The molecule has 0 saturated carbocycles. The molecule has 2 aromatic heterocycles. The van der Waals surface area contributed by atoms with Crippen LogP contribution in [0.5, 0.6) is 0 Å². The number of Topliss-reactive ketones (excluding diaryl/α,β-unsaturated/α-hetero) is 1. The number of carbonyl (C=O) groups excluding carboxylic acids is 3. The van der Waals surface area contributed by atoms with Crippen molar-refractivity contribution in [2.45, 2.75) is 92.0 Å². The van der Waals surface area contributed by atoms with E-state index >= 15 is 0 Å². The van der Waals surface area contributed by atoms with Crippen molar-refractivity contribution >= 4 is 40.6 Å². The fourth-order valence-corrected chi connectivity index (χ4v) is 5.04. The lowest BCUT2D eigenvalue weighted by molar-refractivity contribution is -0.122. The maximum atomic E-state index is 13.1. The molecule has 0 saturated heterocycles. The highest BCUT2D eigenvalue weighted by molar-refractivity contribution is 7.09. The van der Waals surface area contributed by atoms with Crippen LogP contribution in [0.2, 0.25) is 0 Å². The molecule has 3 unspecified atom stereocenters. The minimum atomic E-state index is -0.559. The van der Waals surface area contributed by atoms with Crippen molar-refractivity contribution < 1.29 is 19.1 Å². The Kier molecular flexibility index (Phi) is 12.5. The summed E-state index contributed by atoms with van der Waals surface area (Å²) < 4.78 is 5.21. The van der Waals surface area contributed by atoms with Crippen LogP contribution in [0, 0.1) is 11.8 Å². The maximum Gasteiger partial charge on any atom is 0.407 e. The molecule has 3 atom stereocenters. The second kappa shape index (κ2) is 15.0. The van der Waals surface area contributed by atoms with Gasteiger partial charge in [-0.3, -0.25) is 9.78 Å². The Morgan fingerprint density at radius 3 is 2.38 bits per heavy atom. The van der Waals surface area contributed by atoms with E-state index in [0.29, 0.717) is 18.9 Å². The Hall–Kier alpha value is -2.53. The molecular weight excluding hydrogens is 510 g/mol. The highest BCUT2D eigenvalue weighted by atomic mass is 32.1. The molecule has 2 heterocycles. The molecule has 0 aliphatic carbocycles. The zero-order chi connectivity index (χ0) is 27.5. The predicted octanol–water partition coefficient (Wildman–Crippen LogP) is 5.58. The third kappa shape index (κ3) is 10.8. The van der Waals surface area contributed by atoms with E-state index in [0.717, 1.165) is 28.4 Å². The number of urea groups is 1. The number of carbonyl (C=O) groups is 3. The Morgan fingerprint density at radius 2 is 1.78 bits per heavy atom. The molecule has 0 bridgehead atoms. The Balaban J connectivity index is 1.76. The lowest BCUT2D eigenvalue weighted by Crippen LogP contribution is -2.49. The van der Waals surface area contributed by atoms with Gasteiger partial charge in [0.05, 0.1) is 33.7 Å². The fourth-order valence-electron chi connectivity index (χ4n) is 3.71. The molecular formula is C26H41N5O4S2. The number of thiazole rings is 2. The van der Waals surface area contributed by atoms with Crippen LogP contribution < -0.4 is 10.6 Å². The standard InChI is InChI=1S/C26H41N5O4S2/c1-16(2)23(30-25(33)31(7)12-20-14-36-24(29-20)17(3)4)22(32)10-18(5)8-9-19(6)28-26(34)35-13-21-11-27-15-37-21/h11,14-19,23H,8-10,12-13H2,1-7H3,(H,28,34)(H,30,33). The molecule has 2 rings (SSSR count). The summed E-state index contributed by atoms with van der Waals surface area (Å²) in [6, 6.07) is -0.924. The summed E-state index contributed by atoms with van der Waals surface area (Å²) in [7, 11) is 1.71. The van der Waals surface area contributed by atoms with E-state index in [4.69, 9.17) is 4.74 Å². The third-order valence-electron chi connectivity index (χ3n) is 5.94. The topological polar surface area (TPSA) is 114 Å². The molecule has 37 heavy (non-hydrogen) atoms. The van der Waals surface area contributed by atoms with Crippen molar-refractivity contribution in [3.8, 4) is 0 Å². The molecule has 206 valence electrons. The number of ether oxygens (including phenoxy) is 1. The highest BCUT2D eigenvalue weighted by Crippen LogP contribution is 2.20. The molecule has 9 nitrogen and oxygen atoms in total. The average molecular weight is 552 g/mol. The SMILES string of the molecule is CC(CCC(C)NC(=O)OCc1cncs1)CC(=O)C(NC(=O)N(C)Cc1csc(C(C)C)n1)C(C)C. The van der Waals surface area contributed by atoms with E-state index in [9.17, 15) is 14.4 Å². The first kappa shape index (κ1) is 30.7. The second-order valence-corrected chi connectivity index (χ2v) is 12.2. The van der Waals surface area contributed by atoms with Crippen LogP contribution in [0.3, 0.4) is 0 Å². The van der Waals surface area contributed by atoms with Gasteiger partial charge in [0, 0.05) is 37.0 Å². The first-order valence-electron chi connectivity index (χ1n) is 12.8. The van der Waals surface area contributed by atoms with E-state index in [1.54, 1.807) is 35.0 Å².